The molecule has 0 saturated carbocycles. The summed E-state index contributed by atoms with van der Waals surface area (Å²) in [5.41, 5.74) is 2.33. The fourth-order valence-corrected chi connectivity index (χ4v) is 3.60. The van der Waals surface area contributed by atoms with Crippen molar-refractivity contribution in [3.8, 4) is 11.5 Å². The molecule has 1 aromatic carbocycles. The lowest BCUT2D eigenvalue weighted by molar-refractivity contribution is 0.122. The molecular weight excluding hydrogens is 533 g/mol. The molecule has 0 bridgehead atoms. The van der Waals surface area contributed by atoms with Crippen LogP contribution in [0.5, 0.6) is 11.5 Å². The monoisotopic (exact) mass is 569 g/mol. The van der Waals surface area contributed by atoms with Gasteiger partial charge in [-0.25, -0.2) is 4.98 Å². The summed E-state index contributed by atoms with van der Waals surface area (Å²) in [6, 6.07) is 10.2. The van der Waals surface area contributed by atoms with Gasteiger partial charge in [0, 0.05) is 45.0 Å². The second kappa shape index (κ2) is 14.8. The molecule has 0 radical (unpaired) electrons. The number of aromatic nitrogens is 1. The van der Waals surface area contributed by atoms with Gasteiger partial charge in [0.1, 0.15) is 5.82 Å². The minimum absolute atomic E-state index is 0. The van der Waals surface area contributed by atoms with E-state index in [1.807, 2.05) is 32.2 Å². The van der Waals surface area contributed by atoms with Gasteiger partial charge >= 0.3 is 0 Å². The molecule has 1 saturated heterocycles. The number of halogens is 1. The highest BCUT2D eigenvalue weighted by Crippen LogP contribution is 2.28. The van der Waals surface area contributed by atoms with Gasteiger partial charge in [0.2, 0.25) is 0 Å². The third-order valence-electron chi connectivity index (χ3n) is 5.16. The Morgan fingerprint density at radius 2 is 1.85 bits per heavy atom. The number of hydrogen-bond acceptors (Lipinski definition) is 6. The van der Waals surface area contributed by atoms with Crippen LogP contribution in [-0.4, -0.2) is 64.1 Å². The van der Waals surface area contributed by atoms with Crippen molar-refractivity contribution in [2.45, 2.75) is 26.8 Å². The quantitative estimate of drug-likeness (QED) is 0.259. The van der Waals surface area contributed by atoms with E-state index < -0.39 is 0 Å². The molecule has 0 amide bonds. The first kappa shape index (κ1) is 27.0. The molecule has 9 heteroatoms. The van der Waals surface area contributed by atoms with E-state index >= 15 is 0 Å². The molecule has 0 atom stereocenters. The molecule has 1 fully saturated rings. The zero-order valence-corrected chi connectivity index (χ0v) is 22.1. The number of aliphatic imine (C=N–C) groups is 1. The van der Waals surface area contributed by atoms with Gasteiger partial charge in [0.05, 0.1) is 26.4 Å². The highest BCUT2D eigenvalue weighted by atomic mass is 127. The van der Waals surface area contributed by atoms with Crippen LogP contribution in [0.3, 0.4) is 0 Å². The van der Waals surface area contributed by atoms with Crippen molar-refractivity contribution in [2.24, 2.45) is 4.99 Å². The van der Waals surface area contributed by atoms with Crippen molar-refractivity contribution in [3.63, 3.8) is 0 Å². The van der Waals surface area contributed by atoms with Gasteiger partial charge in [0.25, 0.3) is 0 Å². The predicted molar refractivity (Wildman–Crippen MR) is 143 cm³/mol. The molecule has 2 heterocycles. The number of anilines is 1. The maximum Gasteiger partial charge on any atom is 0.191 e. The van der Waals surface area contributed by atoms with E-state index in [2.05, 4.69) is 43.7 Å². The predicted octanol–water partition coefficient (Wildman–Crippen LogP) is 3.24. The topological polar surface area (TPSA) is 80.2 Å². The number of hydrogen-bond donors (Lipinski definition) is 2. The second-order valence-electron chi connectivity index (χ2n) is 7.34. The number of nitrogens with one attached hydrogen (secondary N) is 2. The molecule has 0 spiro atoms. The van der Waals surface area contributed by atoms with Gasteiger partial charge in [-0.05, 0) is 44.0 Å². The van der Waals surface area contributed by atoms with Crippen LogP contribution in [0.15, 0.2) is 41.5 Å². The van der Waals surface area contributed by atoms with Crippen LogP contribution in [-0.2, 0) is 17.7 Å². The van der Waals surface area contributed by atoms with Gasteiger partial charge in [-0.15, -0.1) is 24.0 Å². The summed E-state index contributed by atoms with van der Waals surface area (Å²) in [6.07, 6.45) is 2.69. The summed E-state index contributed by atoms with van der Waals surface area (Å²) in [4.78, 5) is 11.2. The Labute approximate surface area is 214 Å². The normalized spacial score (nSPS) is 13.8. The summed E-state index contributed by atoms with van der Waals surface area (Å²) in [5.74, 6) is 3.35. The van der Waals surface area contributed by atoms with Crippen molar-refractivity contribution in [1.29, 1.82) is 0 Å². The molecular formula is C24H36IN5O3. The van der Waals surface area contributed by atoms with Crippen LogP contribution >= 0.6 is 24.0 Å². The summed E-state index contributed by atoms with van der Waals surface area (Å²) >= 11 is 0. The standard InChI is InChI=1S/C24H35N5O3.HI/c1-4-31-21-9-8-19(17-22(21)32-5-2)10-12-27-24(25-3)28-18-20-7-6-11-26-23(20)29-13-15-30-16-14-29;/h6-9,11,17H,4-5,10,12-16,18H2,1-3H3,(H2,25,27,28);1H. The highest BCUT2D eigenvalue weighted by molar-refractivity contribution is 14.0. The Morgan fingerprint density at radius 3 is 2.58 bits per heavy atom. The van der Waals surface area contributed by atoms with Crippen LogP contribution in [0.2, 0.25) is 0 Å². The van der Waals surface area contributed by atoms with Gasteiger partial charge in [-0.1, -0.05) is 12.1 Å². The molecule has 1 aliphatic rings. The third-order valence-corrected chi connectivity index (χ3v) is 5.16. The molecule has 33 heavy (non-hydrogen) atoms. The smallest absolute Gasteiger partial charge is 0.191 e. The van der Waals surface area contributed by atoms with Gasteiger partial charge in [-0.2, -0.15) is 0 Å². The fourth-order valence-electron chi connectivity index (χ4n) is 3.60. The Hall–Kier alpha value is -2.27. The molecule has 8 nitrogen and oxygen atoms in total. The van der Waals surface area contributed by atoms with Gasteiger partial charge in [-0.3, -0.25) is 4.99 Å². The van der Waals surface area contributed by atoms with Crippen LogP contribution in [0.4, 0.5) is 5.82 Å². The summed E-state index contributed by atoms with van der Waals surface area (Å²) in [6.45, 7) is 9.79. The van der Waals surface area contributed by atoms with Gasteiger partial charge < -0.3 is 29.7 Å². The van der Waals surface area contributed by atoms with Crippen molar-refractivity contribution in [2.75, 3.05) is 58.0 Å². The van der Waals surface area contributed by atoms with Gasteiger partial charge in [0.15, 0.2) is 17.5 Å². The number of nitrogens with zero attached hydrogens (tertiary/aromatic N) is 3. The number of benzene rings is 1. The Morgan fingerprint density at radius 1 is 1.09 bits per heavy atom. The maximum absolute atomic E-state index is 5.73. The van der Waals surface area contributed by atoms with Crippen molar-refractivity contribution in [1.82, 2.24) is 15.6 Å². The van der Waals surface area contributed by atoms with Crippen LogP contribution < -0.4 is 25.0 Å². The summed E-state index contributed by atoms with van der Waals surface area (Å²) in [7, 11) is 1.78. The number of ether oxygens (including phenoxy) is 3. The van der Waals surface area contributed by atoms with E-state index in [1.165, 1.54) is 5.56 Å². The number of pyridine rings is 1. The van der Waals surface area contributed by atoms with Crippen LogP contribution in [0, 0.1) is 0 Å². The first-order chi connectivity index (χ1) is 15.7. The Balaban J connectivity index is 0.00000385. The lowest BCUT2D eigenvalue weighted by atomic mass is 10.1. The molecule has 0 unspecified atom stereocenters. The van der Waals surface area contributed by atoms with E-state index in [9.17, 15) is 0 Å². The third kappa shape index (κ3) is 8.22. The van der Waals surface area contributed by atoms with Crippen LogP contribution in [0.25, 0.3) is 0 Å². The SMILES string of the molecule is CCOc1ccc(CCNC(=NC)NCc2cccnc2N2CCOCC2)cc1OCC.I. The Bertz CT molecular complexity index is 875. The number of rotatable bonds is 10. The first-order valence-electron chi connectivity index (χ1n) is 11.3. The van der Waals surface area contributed by atoms with Crippen LogP contribution in [0.1, 0.15) is 25.0 Å². The molecule has 3 rings (SSSR count). The summed E-state index contributed by atoms with van der Waals surface area (Å²) in [5, 5.41) is 6.80. The zero-order chi connectivity index (χ0) is 22.6. The first-order valence-corrected chi connectivity index (χ1v) is 11.3. The fraction of sp³-hybridized carbons (Fsp3) is 0.500. The average molecular weight is 569 g/mol. The van der Waals surface area contributed by atoms with E-state index in [-0.39, 0.29) is 24.0 Å². The summed E-state index contributed by atoms with van der Waals surface area (Å²) < 4.78 is 16.8. The minimum Gasteiger partial charge on any atom is -0.490 e. The van der Waals surface area contributed by atoms with Crippen molar-refractivity contribution >= 4 is 35.8 Å². The highest BCUT2D eigenvalue weighted by Gasteiger charge is 2.16. The second-order valence-corrected chi connectivity index (χ2v) is 7.34. The van der Waals surface area contributed by atoms with E-state index in [0.29, 0.717) is 19.8 Å². The lowest BCUT2D eigenvalue weighted by Gasteiger charge is -2.29. The number of guanidine groups is 1. The largest absolute Gasteiger partial charge is 0.490 e. The molecule has 1 aromatic heterocycles. The molecule has 0 aliphatic carbocycles. The number of morpholine rings is 1. The zero-order valence-electron chi connectivity index (χ0n) is 19.8. The molecule has 182 valence electrons. The average Bonchev–Trinajstić information content (AvgIpc) is 2.84. The van der Waals surface area contributed by atoms with E-state index in [1.54, 1.807) is 7.05 Å². The van der Waals surface area contributed by atoms with E-state index in [4.69, 9.17) is 14.2 Å². The molecule has 1 aliphatic heterocycles. The minimum atomic E-state index is 0. The Kier molecular flexibility index (Phi) is 12.1. The van der Waals surface area contributed by atoms with Crippen molar-refractivity contribution < 1.29 is 14.2 Å². The molecule has 2 aromatic rings. The lowest BCUT2D eigenvalue weighted by Crippen LogP contribution is -2.40. The maximum atomic E-state index is 5.73. The van der Waals surface area contributed by atoms with E-state index in [0.717, 1.165) is 68.1 Å². The van der Waals surface area contributed by atoms with Crippen molar-refractivity contribution in [3.05, 3.63) is 47.7 Å². The molecule has 2 N–H and O–H groups in total.